The van der Waals surface area contributed by atoms with Crippen LogP contribution in [-0.2, 0) is 0 Å². The number of halogens is 1. The molecule has 0 aliphatic rings. The van der Waals surface area contributed by atoms with Crippen LogP contribution >= 0.6 is 11.6 Å². The largest absolute Gasteiger partial charge is 0.285 e. The predicted molar refractivity (Wildman–Crippen MR) is 46.8 cm³/mol. The summed E-state index contributed by atoms with van der Waals surface area (Å²) in [6.45, 7) is 0. The molecule has 2 rings (SSSR count). The second-order valence-corrected chi connectivity index (χ2v) is 2.78. The Morgan fingerprint density at radius 2 is 2.33 bits per heavy atom. The van der Waals surface area contributed by atoms with Crippen molar-refractivity contribution in [1.82, 2.24) is 15.2 Å². The van der Waals surface area contributed by atoms with Gasteiger partial charge in [-0.05, 0) is 12.1 Å². The van der Waals surface area contributed by atoms with Gasteiger partial charge in [0.25, 0.3) is 0 Å². The van der Waals surface area contributed by atoms with E-state index in [0.29, 0.717) is 5.02 Å². The van der Waals surface area contributed by atoms with Crippen LogP contribution in [0.5, 0.6) is 0 Å². The molecule has 12 heavy (non-hydrogen) atoms. The van der Waals surface area contributed by atoms with Crippen LogP contribution in [0.25, 0.3) is 11.3 Å². The molecule has 0 saturated heterocycles. The molecule has 2 aromatic rings. The molecule has 0 aromatic carbocycles. The molecule has 0 saturated carbocycles. The number of hydrogen-bond acceptors (Lipinski definition) is 2. The monoisotopic (exact) mass is 179 g/mol. The van der Waals surface area contributed by atoms with Gasteiger partial charge in [0.1, 0.15) is 0 Å². The Bertz CT molecular complexity index is 370. The molecule has 0 aliphatic heterocycles. The van der Waals surface area contributed by atoms with Crippen molar-refractivity contribution in [2.24, 2.45) is 0 Å². The van der Waals surface area contributed by atoms with Crippen LogP contribution in [0, 0.1) is 0 Å². The zero-order valence-electron chi connectivity index (χ0n) is 6.16. The lowest BCUT2D eigenvalue weighted by Crippen LogP contribution is -1.78. The SMILES string of the molecule is Clc1ccnc(-c2cn[nH]c2)c1. The standard InChI is InChI=1S/C8H6ClN3/c9-7-1-2-10-8(3-7)6-4-11-12-5-6/h1-5H,(H,11,12). The zero-order valence-corrected chi connectivity index (χ0v) is 6.92. The number of nitrogens with zero attached hydrogens (tertiary/aromatic N) is 2. The summed E-state index contributed by atoms with van der Waals surface area (Å²) in [4.78, 5) is 4.14. The summed E-state index contributed by atoms with van der Waals surface area (Å²) in [7, 11) is 0. The van der Waals surface area contributed by atoms with Crippen LogP contribution in [0.3, 0.4) is 0 Å². The van der Waals surface area contributed by atoms with Gasteiger partial charge < -0.3 is 0 Å². The first-order chi connectivity index (χ1) is 5.86. The first-order valence-electron chi connectivity index (χ1n) is 3.47. The van der Waals surface area contributed by atoms with Crippen LogP contribution < -0.4 is 0 Å². The highest BCUT2D eigenvalue weighted by Crippen LogP contribution is 2.17. The highest BCUT2D eigenvalue weighted by molar-refractivity contribution is 6.30. The molecular weight excluding hydrogens is 174 g/mol. The van der Waals surface area contributed by atoms with E-state index in [-0.39, 0.29) is 0 Å². The van der Waals surface area contributed by atoms with Gasteiger partial charge in [0, 0.05) is 23.0 Å². The average Bonchev–Trinajstić information content (AvgIpc) is 2.56. The Kier molecular flexibility index (Phi) is 1.80. The van der Waals surface area contributed by atoms with E-state index in [1.807, 2.05) is 0 Å². The number of nitrogens with one attached hydrogen (secondary N) is 1. The highest BCUT2D eigenvalue weighted by Gasteiger charge is 1.99. The van der Waals surface area contributed by atoms with Gasteiger partial charge in [0.05, 0.1) is 11.9 Å². The lowest BCUT2D eigenvalue weighted by atomic mass is 10.2. The first kappa shape index (κ1) is 7.31. The minimum Gasteiger partial charge on any atom is -0.285 e. The Morgan fingerprint density at radius 3 is 3.00 bits per heavy atom. The molecular formula is C8H6ClN3. The Labute approximate surface area is 74.4 Å². The summed E-state index contributed by atoms with van der Waals surface area (Å²) >= 11 is 5.79. The molecule has 1 N–H and O–H groups in total. The molecule has 0 aliphatic carbocycles. The van der Waals surface area contributed by atoms with Gasteiger partial charge in [-0.1, -0.05) is 11.6 Å². The van der Waals surface area contributed by atoms with Crippen molar-refractivity contribution in [3.8, 4) is 11.3 Å². The molecule has 0 unspecified atom stereocenters. The van der Waals surface area contributed by atoms with Crippen LogP contribution in [0.2, 0.25) is 5.02 Å². The van der Waals surface area contributed by atoms with Crippen LogP contribution in [0.1, 0.15) is 0 Å². The van der Waals surface area contributed by atoms with Gasteiger partial charge >= 0.3 is 0 Å². The fourth-order valence-corrected chi connectivity index (χ4v) is 1.11. The van der Waals surface area contributed by atoms with Crippen molar-refractivity contribution >= 4 is 11.6 Å². The van der Waals surface area contributed by atoms with E-state index in [0.717, 1.165) is 11.3 Å². The molecule has 2 aromatic heterocycles. The molecule has 3 nitrogen and oxygen atoms in total. The molecule has 0 fully saturated rings. The van der Waals surface area contributed by atoms with E-state index in [1.54, 1.807) is 30.7 Å². The summed E-state index contributed by atoms with van der Waals surface area (Å²) in [6, 6.07) is 3.54. The number of hydrogen-bond donors (Lipinski definition) is 1. The zero-order chi connectivity index (χ0) is 8.39. The number of H-pyrrole nitrogens is 1. The third-order valence-electron chi connectivity index (χ3n) is 1.52. The maximum Gasteiger partial charge on any atom is 0.0748 e. The summed E-state index contributed by atoms with van der Waals surface area (Å²) in [6.07, 6.45) is 5.15. The van der Waals surface area contributed by atoms with Crippen LogP contribution in [0.4, 0.5) is 0 Å². The lowest BCUT2D eigenvalue weighted by Gasteiger charge is -1.94. The molecule has 2 heterocycles. The molecule has 0 radical (unpaired) electrons. The lowest BCUT2D eigenvalue weighted by molar-refractivity contribution is 1.09. The summed E-state index contributed by atoms with van der Waals surface area (Å²) in [5.41, 5.74) is 1.77. The molecule has 0 spiro atoms. The Balaban J connectivity index is 2.48. The van der Waals surface area contributed by atoms with Gasteiger partial charge in [-0.2, -0.15) is 5.10 Å². The topological polar surface area (TPSA) is 41.6 Å². The smallest absolute Gasteiger partial charge is 0.0748 e. The van der Waals surface area contributed by atoms with E-state index in [2.05, 4.69) is 15.2 Å². The van der Waals surface area contributed by atoms with Crippen molar-refractivity contribution in [1.29, 1.82) is 0 Å². The van der Waals surface area contributed by atoms with Gasteiger partial charge in [0.2, 0.25) is 0 Å². The van der Waals surface area contributed by atoms with E-state index >= 15 is 0 Å². The van der Waals surface area contributed by atoms with Crippen LogP contribution in [-0.4, -0.2) is 15.2 Å². The van der Waals surface area contributed by atoms with Crippen molar-refractivity contribution in [2.75, 3.05) is 0 Å². The average molecular weight is 180 g/mol. The van der Waals surface area contributed by atoms with E-state index in [4.69, 9.17) is 11.6 Å². The second-order valence-electron chi connectivity index (χ2n) is 2.35. The maximum atomic E-state index is 5.79. The van der Waals surface area contributed by atoms with E-state index in [9.17, 15) is 0 Å². The summed E-state index contributed by atoms with van der Waals surface area (Å²) in [5, 5.41) is 7.22. The number of aromatic amines is 1. The van der Waals surface area contributed by atoms with E-state index < -0.39 is 0 Å². The van der Waals surface area contributed by atoms with Crippen molar-refractivity contribution in [2.45, 2.75) is 0 Å². The Hall–Kier alpha value is -1.35. The van der Waals surface area contributed by atoms with Crippen LogP contribution in [0.15, 0.2) is 30.7 Å². The first-order valence-corrected chi connectivity index (χ1v) is 3.85. The van der Waals surface area contributed by atoms with Crippen molar-refractivity contribution < 1.29 is 0 Å². The second kappa shape index (κ2) is 2.95. The van der Waals surface area contributed by atoms with Gasteiger partial charge in [0.15, 0.2) is 0 Å². The minimum absolute atomic E-state index is 0.682. The third-order valence-corrected chi connectivity index (χ3v) is 1.75. The number of pyridine rings is 1. The Morgan fingerprint density at radius 1 is 1.42 bits per heavy atom. The number of aromatic nitrogens is 3. The summed E-state index contributed by atoms with van der Waals surface area (Å²) in [5.74, 6) is 0. The quantitative estimate of drug-likeness (QED) is 0.729. The van der Waals surface area contributed by atoms with Gasteiger partial charge in [-0.3, -0.25) is 10.1 Å². The van der Waals surface area contributed by atoms with Crippen molar-refractivity contribution in [3.05, 3.63) is 35.7 Å². The highest BCUT2D eigenvalue weighted by atomic mass is 35.5. The summed E-state index contributed by atoms with van der Waals surface area (Å²) < 4.78 is 0. The molecule has 0 atom stereocenters. The molecule has 0 amide bonds. The third kappa shape index (κ3) is 1.31. The molecule has 60 valence electrons. The van der Waals surface area contributed by atoms with Crippen molar-refractivity contribution in [3.63, 3.8) is 0 Å². The fraction of sp³-hybridized carbons (Fsp3) is 0. The maximum absolute atomic E-state index is 5.79. The number of rotatable bonds is 1. The van der Waals surface area contributed by atoms with Gasteiger partial charge in [-0.25, -0.2) is 0 Å². The predicted octanol–water partition coefficient (Wildman–Crippen LogP) is 2.13. The molecule has 0 bridgehead atoms. The fourth-order valence-electron chi connectivity index (χ4n) is 0.954. The van der Waals surface area contributed by atoms with Gasteiger partial charge in [-0.15, -0.1) is 0 Å². The minimum atomic E-state index is 0.682. The van der Waals surface area contributed by atoms with E-state index in [1.165, 1.54) is 0 Å². The normalized spacial score (nSPS) is 10.1. The molecule has 4 heteroatoms.